The summed E-state index contributed by atoms with van der Waals surface area (Å²) in [6.45, 7) is 2.16. The van der Waals surface area contributed by atoms with E-state index in [2.05, 4.69) is 4.72 Å². The fourth-order valence-corrected chi connectivity index (χ4v) is 4.67. The Morgan fingerprint density at radius 2 is 1.79 bits per heavy atom. The van der Waals surface area contributed by atoms with Gasteiger partial charge in [0, 0.05) is 36.3 Å². The molecule has 1 fully saturated rings. The minimum atomic E-state index is -3.76. The van der Waals surface area contributed by atoms with Crippen LogP contribution in [0.4, 0.5) is 11.4 Å². The molecular weight excluding hydrogens is 376 g/mol. The zero-order valence-electron chi connectivity index (χ0n) is 15.6. The molecule has 146 valence electrons. The number of anilines is 2. The van der Waals surface area contributed by atoms with Crippen LogP contribution >= 0.6 is 0 Å². The lowest BCUT2D eigenvalue weighted by atomic mass is 10.0. The van der Waals surface area contributed by atoms with Gasteiger partial charge in [-0.2, -0.15) is 0 Å². The zero-order chi connectivity index (χ0) is 19.9. The van der Waals surface area contributed by atoms with Crippen LogP contribution in [0.2, 0.25) is 0 Å². The molecule has 1 aliphatic carbocycles. The summed E-state index contributed by atoms with van der Waals surface area (Å²) >= 11 is 0. The largest absolute Gasteiger partial charge is 0.312 e. The van der Waals surface area contributed by atoms with Crippen LogP contribution < -0.4 is 9.62 Å². The molecule has 2 aromatic rings. The van der Waals surface area contributed by atoms with Gasteiger partial charge in [-0.05, 0) is 73.7 Å². The molecular formula is C21H22N2O4S. The summed E-state index contributed by atoms with van der Waals surface area (Å²) in [5.74, 6) is 0.210. The first-order valence-corrected chi connectivity index (χ1v) is 10.9. The lowest BCUT2D eigenvalue weighted by Crippen LogP contribution is -2.33. The van der Waals surface area contributed by atoms with Crippen LogP contribution in [0, 0.1) is 5.92 Å². The highest BCUT2D eigenvalue weighted by molar-refractivity contribution is 7.92. The van der Waals surface area contributed by atoms with Crippen LogP contribution in [0.15, 0.2) is 47.4 Å². The van der Waals surface area contributed by atoms with Crippen LogP contribution in [-0.4, -0.2) is 26.7 Å². The predicted octanol–water partition coefficient (Wildman–Crippen LogP) is 3.38. The number of carbonyl (C=O) groups is 2. The average Bonchev–Trinajstić information content (AvgIpc) is 3.52. The van der Waals surface area contributed by atoms with E-state index < -0.39 is 10.0 Å². The van der Waals surface area contributed by atoms with Gasteiger partial charge in [-0.15, -0.1) is 0 Å². The van der Waals surface area contributed by atoms with Crippen LogP contribution in [0.3, 0.4) is 0 Å². The van der Waals surface area contributed by atoms with E-state index in [9.17, 15) is 18.0 Å². The number of sulfonamides is 1. The highest BCUT2D eigenvalue weighted by Crippen LogP contribution is 2.33. The van der Waals surface area contributed by atoms with Crippen molar-refractivity contribution in [2.24, 2.45) is 5.92 Å². The summed E-state index contributed by atoms with van der Waals surface area (Å²) in [5, 5.41) is 0. The number of ketones is 1. The molecule has 4 rings (SSSR count). The Kier molecular flexibility index (Phi) is 4.71. The fraction of sp³-hybridized carbons (Fsp3) is 0.333. The van der Waals surface area contributed by atoms with Gasteiger partial charge < -0.3 is 4.90 Å². The van der Waals surface area contributed by atoms with E-state index in [4.69, 9.17) is 0 Å². The molecule has 0 bridgehead atoms. The maximum absolute atomic E-state index is 12.8. The van der Waals surface area contributed by atoms with Gasteiger partial charge in [-0.25, -0.2) is 8.42 Å². The standard InChI is InChI=1S/C21H22N2O4S/c1-14(24)23-12-2-3-17-13-19(10-11-20(17)23)28(26,27)22-18-8-6-16(7-9-18)21(25)15-4-5-15/h6-11,13,15,22H,2-5,12H2,1H3. The molecule has 1 saturated carbocycles. The zero-order valence-corrected chi connectivity index (χ0v) is 16.5. The summed E-state index contributed by atoms with van der Waals surface area (Å²) in [5.41, 5.74) is 2.66. The minimum Gasteiger partial charge on any atom is -0.312 e. The molecule has 0 radical (unpaired) electrons. The number of nitrogens with zero attached hydrogens (tertiary/aromatic N) is 1. The van der Waals surface area contributed by atoms with Gasteiger partial charge in [0.2, 0.25) is 5.91 Å². The van der Waals surface area contributed by atoms with Crippen LogP contribution in [-0.2, 0) is 21.2 Å². The third kappa shape index (κ3) is 3.67. The molecule has 1 amide bonds. The summed E-state index contributed by atoms with van der Waals surface area (Å²) in [4.78, 5) is 25.7. The van der Waals surface area contributed by atoms with Crippen molar-refractivity contribution in [3.05, 3.63) is 53.6 Å². The quantitative estimate of drug-likeness (QED) is 0.783. The number of amides is 1. The van der Waals surface area contributed by atoms with Crippen molar-refractivity contribution in [3.8, 4) is 0 Å². The maximum Gasteiger partial charge on any atom is 0.261 e. The Hall–Kier alpha value is -2.67. The molecule has 6 nitrogen and oxygen atoms in total. The van der Waals surface area contributed by atoms with Gasteiger partial charge in [-0.3, -0.25) is 14.3 Å². The molecule has 0 unspecified atom stereocenters. The molecule has 2 aromatic carbocycles. The van der Waals surface area contributed by atoms with Crippen molar-refractivity contribution in [3.63, 3.8) is 0 Å². The minimum absolute atomic E-state index is 0.0458. The van der Waals surface area contributed by atoms with Crippen molar-refractivity contribution in [1.29, 1.82) is 0 Å². The third-order valence-corrected chi connectivity index (χ3v) is 6.61. The molecule has 1 heterocycles. The number of hydrogen-bond acceptors (Lipinski definition) is 4. The monoisotopic (exact) mass is 398 g/mol. The van der Waals surface area contributed by atoms with Crippen LogP contribution in [0.5, 0.6) is 0 Å². The molecule has 0 spiro atoms. The molecule has 2 aliphatic rings. The Labute approximate surface area is 164 Å². The number of Topliss-reactive ketones (excluding diaryl/α,β-unsaturated/α-hetero) is 1. The SMILES string of the molecule is CC(=O)N1CCCc2cc(S(=O)(=O)Nc3ccc(C(=O)C4CC4)cc3)ccc21. The van der Waals surface area contributed by atoms with Crippen molar-refractivity contribution in [2.75, 3.05) is 16.2 Å². The van der Waals surface area contributed by atoms with Gasteiger partial charge in [-0.1, -0.05) is 0 Å². The van der Waals surface area contributed by atoms with Crippen molar-refractivity contribution in [1.82, 2.24) is 0 Å². The second-order valence-corrected chi connectivity index (χ2v) is 9.07. The van der Waals surface area contributed by atoms with E-state index in [0.717, 1.165) is 36.9 Å². The number of hydrogen-bond donors (Lipinski definition) is 1. The third-order valence-electron chi connectivity index (χ3n) is 5.23. The number of fused-ring (bicyclic) bond motifs is 1. The normalized spacial score (nSPS) is 16.4. The highest BCUT2D eigenvalue weighted by Gasteiger charge is 2.30. The van der Waals surface area contributed by atoms with Gasteiger partial charge >= 0.3 is 0 Å². The molecule has 0 atom stereocenters. The second-order valence-electron chi connectivity index (χ2n) is 7.39. The van der Waals surface area contributed by atoms with Gasteiger partial charge in [0.15, 0.2) is 5.78 Å². The predicted molar refractivity (Wildman–Crippen MR) is 107 cm³/mol. The summed E-state index contributed by atoms with van der Waals surface area (Å²) < 4.78 is 28.1. The molecule has 1 N–H and O–H groups in total. The van der Waals surface area contributed by atoms with Crippen LogP contribution in [0.25, 0.3) is 0 Å². The second kappa shape index (κ2) is 7.05. The van der Waals surface area contributed by atoms with Crippen molar-refractivity contribution < 1.29 is 18.0 Å². The Balaban J connectivity index is 1.55. The van der Waals surface area contributed by atoms with Crippen molar-refractivity contribution >= 4 is 33.1 Å². The number of carbonyl (C=O) groups excluding carboxylic acids is 2. The Morgan fingerprint density at radius 3 is 2.43 bits per heavy atom. The van der Waals surface area contributed by atoms with E-state index in [1.807, 2.05) is 0 Å². The van der Waals surface area contributed by atoms with E-state index in [-0.39, 0.29) is 22.5 Å². The highest BCUT2D eigenvalue weighted by atomic mass is 32.2. The van der Waals surface area contributed by atoms with E-state index in [0.29, 0.717) is 17.8 Å². The fourth-order valence-electron chi connectivity index (χ4n) is 3.57. The number of nitrogens with one attached hydrogen (secondary N) is 1. The Bertz CT molecular complexity index is 1040. The topological polar surface area (TPSA) is 83.6 Å². The van der Waals surface area contributed by atoms with Gasteiger partial charge in [0.1, 0.15) is 0 Å². The van der Waals surface area contributed by atoms with Crippen LogP contribution in [0.1, 0.15) is 42.1 Å². The van der Waals surface area contributed by atoms with Gasteiger partial charge in [0.05, 0.1) is 4.90 Å². The smallest absolute Gasteiger partial charge is 0.261 e. The molecule has 7 heteroatoms. The van der Waals surface area contributed by atoms with Crippen molar-refractivity contribution in [2.45, 2.75) is 37.5 Å². The first kappa shape index (κ1) is 18.7. The van der Waals surface area contributed by atoms with Gasteiger partial charge in [0.25, 0.3) is 10.0 Å². The molecule has 0 saturated heterocycles. The average molecular weight is 398 g/mol. The van der Waals surface area contributed by atoms with E-state index in [1.165, 1.54) is 13.0 Å². The summed E-state index contributed by atoms with van der Waals surface area (Å²) in [6.07, 6.45) is 3.42. The first-order chi connectivity index (χ1) is 13.3. The summed E-state index contributed by atoms with van der Waals surface area (Å²) in [6, 6.07) is 11.4. The molecule has 0 aromatic heterocycles. The number of aryl methyl sites for hydroxylation is 1. The van der Waals surface area contributed by atoms with E-state index in [1.54, 1.807) is 41.3 Å². The lowest BCUT2D eigenvalue weighted by Gasteiger charge is -2.28. The number of rotatable bonds is 5. The molecule has 1 aliphatic heterocycles. The Morgan fingerprint density at radius 1 is 1.07 bits per heavy atom. The number of benzene rings is 2. The maximum atomic E-state index is 12.8. The first-order valence-electron chi connectivity index (χ1n) is 9.43. The van der Waals surface area contributed by atoms with E-state index >= 15 is 0 Å². The lowest BCUT2D eigenvalue weighted by molar-refractivity contribution is -0.116. The molecule has 28 heavy (non-hydrogen) atoms. The summed E-state index contributed by atoms with van der Waals surface area (Å²) in [7, 11) is -3.76.